The van der Waals surface area contributed by atoms with Crippen LogP contribution in [0.2, 0.25) is 0 Å². The maximum Gasteiger partial charge on any atom is 0.0458 e. The van der Waals surface area contributed by atoms with Crippen LogP contribution < -0.4 is 5.32 Å². The van der Waals surface area contributed by atoms with E-state index in [1.807, 2.05) is 0 Å². The van der Waals surface area contributed by atoms with Crippen molar-refractivity contribution in [1.29, 1.82) is 0 Å². The highest BCUT2D eigenvalue weighted by Crippen LogP contribution is 2.31. The third-order valence-corrected chi connectivity index (χ3v) is 5.26. The highest BCUT2D eigenvalue weighted by molar-refractivity contribution is 5.85. The number of aryl methyl sites for hydroxylation is 1. The third kappa shape index (κ3) is 2.84. The molecule has 2 nitrogen and oxygen atoms in total. The van der Waals surface area contributed by atoms with Gasteiger partial charge in [0.2, 0.25) is 0 Å². The minimum Gasteiger partial charge on any atom is -0.358 e. The molecule has 3 heteroatoms. The molecule has 3 atom stereocenters. The second-order valence-electron chi connectivity index (χ2n) is 6.85. The maximum absolute atomic E-state index is 3.91. The predicted molar refractivity (Wildman–Crippen MR) is 91.3 cm³/mol. The summed E-state index contributed by atoms with van der Waals surface area (Å²) >= 11 is 0. The van der Waals surface area contributed by atoms with Gasteiger partial charge in [-0.2, -0.15) is 0 Å². The van der Waals surface area contributed by atoms with E-state index in [-0.39, 0.29) is 12.4 Å². The van der Waals surface area contributed by atoms with Crippen molar-refractivity contribution in [2.75, 3.05) is 0 Å². The minimum atomic E-state index is 0. The van der Waals surface area contributed by atoms with Gasteiger partial charge in [-0.3, -0.25) is 0 Å². The molecule has 0 saturated heterocycles. The molecule has 1 aromatic carbocycles. The number of hydrogen-bond donors (Lipinski definition) is 2. The first-order valence-electron chi connectivity index (χ1n) is 8.14. The molecule has 0 aliphatic heterocycles. The van der Waals surface area contributed by atoms with Gasteiger partial charge in [-0.25, -0.2) is 0 Å². The Morgan fingerprint density at radius 1 is 1.10 bits per heavy atom. The smallest absolute Gasteiger partial charge is 0.0458 e. The van der Waals surface area contributed by atoms with E-state index in [1.54, 1.807) is 5.56 Å². The van der Waals surface area contributed by atoms with Crippen molar-refractivity contribution < 1.29 is 0 Å². The molecule has 0 spiro atoms. The van der Waals surface area contributed by atoms with E-state index < -0.39 is 0 Å². The van der Waals surface area contributed by atoms with Crippen LogP contribution in [0.25, 0.3) is 10.9 Å². The van der Waals surface area contributed by atoms with Gasteiger partial charge in [-0.05, 0) is 49.7 Å². The second-order valence-corrected chi connectivity index (χ2v) is 6.85. The van der Waals surface area contributed by atoms with Gasteiger partial charge in [0.25, 0.3) is 0 Å². The first-order valence-corrected chi connectivity index (χ1v) is 8.14. The normalized spacial score (nSPS) is 28.3. The van der Waals surface area contributed by atoms with Gasteiger partial charge in [0.1, 0.15) is 0 Å². The Kier molecular flexibility index (Phi) is 4.28. The predicted octanol–water partition coefficient (Wildman–Crippen LogP) is 4.23. The van der Waals surface area contributed by atoms with Gasteiger partial charge in [-0.1, -0.05) is 25.1 Å². The fourth-order valence-electron chi connectivity index (χ4n) is 4.22. The Balaban J connectivity index is 0.00000132. The molecule has 0 radical (unpaired) electrons. The first kappa shape index (κ1) is 14.9. The number of para-hydroxylation sites is 1. The Labute approximate surface area is 133 Å². The first-order chi connectivity index (χ1) is 9.79. The Bertz CT molecular complexity index is 619. The van der Waals surface area contributed by atoms with Crippen LogP contribution >= 0.6 is 12.4 Å². The van der Waals surface area contributed by atoms with Gasteiger partial charge in [-0.15, -0.1) is 12.4 Å². The Morgan fingerprint density at radius 3 is 2.76 bits per heavy atom. The maximum atomic E-state index is 3.91. The van der Waals surface area contributed by atoms with Crippen LogP contribution in [0.1, 0.15) is 43.9 Å². The van der Waals surface area contributed by atoms with Crippen LogP contribution in [0.4, 0.5) is 0 Å². The zero-order valence-corrected chi connectivity index (χ0v) is 13.5. The summed E-state index contributed by atoms with van der Waals surface area (Å²) in [5.41, 5.74) is 4.35. The van der Waals surface area contributed by atoms with E-state index >= 15 is 0 Å². The van der Waals surface area contributed by atoms with Crippen molar-refractivity contribution in [1.82, 2.24) is 10.3 Å². The number of halogens is 1. The topological polar surface area (TPSA) is 27.8 Å². The summed E-state index contributed by atoms with van der Waals surface area (Å²) < 4.78 is 0. The van der Waals surface area contributed by atoms with Gasteiger partial charge in [0.05, 0.1) is 0 Å². The molecule has 2 aliphatic rings. The van der Waals surface area contributed by atoms with Crippen LogP contribution in [-0.2, 0) is 12.8 Å². The molecule has 0 amide bonds. The van der Waals surface area contributed by atoms with Gasteiger partial charge >= 0.3 is 0 Å². The molecule has 114 valence electrons. The Morgan fingerprint density at radius 2 is 1.95 bits per heavy atom. The number of aromatic amines is 1. The highest BCUT2D eigenvalue weighted by atomic mass is 35.5. The Hall–Kier alpha value is -0.990. The SMILES string of the molecule is CC1CCC(NC2CCc3c([nH]c4ccccc34)C2)C1.Cl. The van der Waals surface area contributed by atoms with Crippen molar-refractivity contribution in [3.05, 3.63) is 35.5 Å². The zero-order chi connectivity index (χ0) is 13.5. The second kappa shape index (κ2) is 6.02. The van der Waals surface area contributed by atoms with Gasteiger partial charge in [0.15, 0.2) is 0 Å². The van der Waals surface area contributed by atoms with Crippen molar-refractivity contribution in [2.24, 2.45) is 5.92 Å². The average molecular weight is 305 g/mol. The molecular weight excluding hydrogens is 280 g/mol. The lowest BCUT2D eigenvalue weighted by molar-refractivity contribution is 0.388. The van der Waals surface area contributed by atoms with Crippen LogP contribution in [0.15, 0.2) is 24.3 Å². The molecule has 0 bridgehead atoms. The molecule has 1 saturated carbocycles. The van der Waals surface area contributed by atoms with Gasteiger partial charge < -0.3 is 10.3 Å². The third-order valence-electron chi connectivity index (χ3n) is 5.26. The quantitative estimate of drug-likeness (QED) is 0.854. The molecule has 1 aromatic heterocycles. The summed E-state index contributed by atoms with van der Waals surface area (Å²) in [6, 6.07) is 10.2. The summed E-state index contributed by atoms with van der Waals surface area (Å²) in [5.74, 6) is 0.916. The molecular formula is C18H25ClN2. The van der Waals surface area contributed by atoms with Crippen molar-refractivity contribution in [3.8, 4) is 0 Å². The minimum absolute atomic E-state index is 0. The lowest BCUT2D eigenvalue weighted by Crippen LogP contribution is -2.40. The molecule has 4 rings (SSSR count). The van der Waals surface area contributed by atoms with Crippen molar-refractivity contribution in [3.63, 3.8) is 0 Å². The number of nitrogens with one attached hydrogen (secondary N) is 2. The van der Waals surface area contributed by atoms with Crippen LogP contribution in [0.5, 0.6) is 0 Å². The molecule has 21 heavy (non-hydrogen) atoms. The molecule has 1 fully saturated rings. The number of benzene rings is 1. The molecule has 2 N–H and O–H groups in total. The van der Waals surface area contributed by atoms with Crippen molar-refractivity contribution in [2.45, 2.75) is 57.5 Å². The van der Waals surface area contributed by atoms with E-state index in [1.165, 1.54) is 55.1 Å². The molecule has 1 heterocycles. The lowest BCUT2D eigenvalue weighted by atomic mass is 9.91. The summed E-state index contributed by atoms with van der Waals surface area (Å²) in [6.07, 6.45) is 7.84. The number of hydrogen-bond acceptors (Lipinski definition) is 1. The van der Waals surface area contributed by atoms with E-state index in [0.29, 0.717) is 6.04 Å². The van der Waals surface area contributed by atoms with Crippen LogP contribution in [0.3, 0.4) is 0 Å². The lowest BCUT2D eigenvalue weighted by Gasteiger charge is -2.27. The van der Waals surface area contributed by atoms with Gasteiger partial charge in [0, 0.05) is 35.1 Å². The summed E-state index contributed by atoms with van der Waals surface area (Å²) in [5, 5.41) is 5.35. The highest BCUT2D eigenvalue weighted by Gasteiger charge is 2.27. The van der Waals surface area contributed by atoms with E-state index in [0.717, 1.165) is 12.0 Å². The molecule has 2 aromatic rings. The number of rotatable bonds is 2. The van der Waals surface area contributed by atoms with E-state index in [9.17, 15) is 0 Å². The van der Waals surface area contributed by atoms with E-state index in [4.69, 9.17) is 0 Å². The fourth-order valence-corrected chi connectivity index (χ4v) is 4.22. The zero-order valence-electron chi connectivity index (χ0n) is 12.7. The average Bonchev–Trinajstić information content (AvgIpc) is 3.01. The van der Waals surface area contributed by atoms with Crippen LogP contribution in [-0.4, -0.2) is 17.1 Å². The summed E-state index contributed by atoms with van der Waals surface area (Å²) in [6.45, 7) is 2.39. The standard InChI is InChI=1S/C18H24N2.ClH/c1-12-6-7-13(10-12)19-14-8-9-16-15-4-2-3-5-17(15)20-18(16)11-14;/h2-5,12-14,19-20H,6-11H2,1H3;1H. The number of fused-ring (bicyclic) bond motifs is 3. The monoisotopic (exact) mass is 304 g/mol. The number of H-pyrrole nitrogens is 1. The largest absolute Gasteiger partial charge is 0.358 e. The summed E-state index contributed by atoms with van der Waals surface area (Å²) in [7, 11) is 0. The fraction of sp³-hybridized carbons (Fsp3) is 0.556. The molecule has 3 unspecified atom stereocenters. The van der Waals surface area contributed by atoms with Crippen LogP contribution in [0, 0.1) is 5.92 Å². The van der Waals surface area contributed by atoms with E-state index in [2.05, 4.69) is 41.5 Å². The summed E-state index contributed by atoms with van der Waals surface area (Å²) in [4.78, 5) is 3.64. The number of aromatic nitrogens is 1. The molecule has 2 aliphatic carbocycles. The van der Waals surface area contributed by atoms with Crippen molar-refractivity contribution >= 4 is 23.3 Å².